The van der Waals surface area contributed by atoms with E-state index in [1.165, 1.54) is 6.92 Å². The van der Waals surface area contributed by atoms with Crippen LogP contribution in [-0.2, 0) is 16.1 Å². The Balaban J connectivity index is 1.52. The summed E-state index contributed by atoms with van der Waals surface area (Å²) in [6.45, 7) is 2.18. The number of aliphatic hydroxyl groups excluding tert-OH is 1. The summed E-state index contributed by atoms with van der Waals surface area (Å²) >= 11 is 0. The van der Waals surface area contributed by atoms with Gasteiger partial charge in [0.25, 0.3) is 5.56 Å². The molecule has 2 aromatic rings. The smallest absolute Gasteiger partial charge is 0.258 e. The van der Waals surface area contributed by atoms with Crippen LogP contribution in [0.5, 0.6) is 0 Å². The average molecular weight is 448 g/mol. The third-order valence-corrected chi connectivity index (χ3v) is 7.26. The van der Waals surface area contributed by atoms with Crippen LogP contribution in [0.15, 0.2) is 47.3 Å². The van der Waals surface area contributed by atoms with Crippen LogP contribution in [0.3, 0.4) is 0 Å². The highest BCUT2D eigenvalue weighted by atomic mass is 16.3. The van der Waals surface area contributed by atoms with Gasteiger partial charge in [-0.25, -0.2) is 0 Å². The van der Waals surface area contributed by atoms with Crippen molar-refractivity contribution in [3.63, 3.8) is 0 Å². The van der Waals surface area contributed by atoms with E-state index in [0.29, 0.717) is 23.7 Å². The lowest BCUT2D eigenvalue weighted by atomic mass is 9.86. The van der Waals surface area contributed by atoms with Gasteiger partial charge in [-0.1, -0.05) is 36.4 Å². The van der Waals surface area contributed by atoms with Crippen LogP contribution in [-0.4, -0.2) is 45.6 Å². The minimum Gasteiger partial charge on any atom is -0.396 e. The summed E-state index contributed by atoms with van der Waals surface area (Å²) < 4.78 is 1.69. The van der Waals surface area contributed by atoms with E-state index in [2.05, 4.69) is 5.32 Å². The van der Waals surface area contributed by atoms with Gasteiger partial charge in [0.15, 0.2) is 0 Å². The Kier molecular flexibility index (Phi) is 5.66. The first kappa shape index (κ1) is 21.6. The molecule has 7 nitrogen and oxygen atoms in total. The lowest BCUT2D eigenvalue weighted by Gasteiger charge is -2.37. The van der Waals surface area contributed by atoms with Crippen LogP contribution in [0.1, 0.15) is 42.6 Å². The van der Waals surface area contributed by atoms with E-state index >= 15 is 0 Å². The number of aromatic nitrogens is 1. The van der Waals surface area contributed by atoms with Crippen LogP contribution < -0.4 is 10.9 Å². The number of hydrogen-bond donors (Lipinski definition) is 2. The lowest BCUT2D eigenvalue weighted by molar-refractivity contribution is -0.134. The fourth-order valence-corrected chi connectivity index (χ4v) is 5.42. The summed E-state index contributed by atoms with van der Waals surface area (Å²) in [5, 5.41) is 13.3. The summed E-state index contributed by atoms with van der Waals surface area (Å²) in [6, 6.07) is 12.4. The van der Waals surface area contributed by atoms with Crippen molar-refractivity contribution < 1.29 is 14.7 Å². The van der Waals surface area contributed by atoms with Crippen molar-refractivity contribution in [2.45, 2.75) is 38.4 Å². The maximum atomic E-state index is 13.4. The number of fused-ring (bicyclic) bond motifs is 4. The van der Waals surface area contributed by atoms with Gasteiger partial charge in [-0.05, 0) is 42.5 Å². The van der Waals surface area contributed by atoms with E-state index in [-0.39, 0.29) is 30.5 Å². The monoisotopic (exact) mass is 447 g/mol. The number of rotatable bonds is 6. The van der Waals surface area contributed by atoms with Crippen molar-refractivity contribution in [1.82, 2.24) is 14.8 Å². The first-order valence-electron chi connectivity index (χ1n) is 11.6. The van der Waals surface area contributed by atoms with Crippen molar-refractivity contribution in [2.24, 2.45) is 17.8 Å². The number of amides is 2. The minimum absolute atomic E-state index is 0.145. The molecule has 172 valence electrons. The molecule has 4 atom stereocenters. The van der Waals surface area contributed by atoms with Gasteiger partial charge in [0.2, 0.25) is 11.8 Å². The highest BCUT2D eigenvalue weighted by molar-refractivity contribution is 5.83. The first-order chi connectivity index (χ1) is 16.0. The second kappa shape index (κ2) is 8.63. The number of hydrogen-bond acceptors (Lipinski definition) is 4. The molecule has 1 saturated heterocycles. The van der Waals surface area contributed by atoms with Crippen LogP contribution in [0, 0.1) is 17.8 Å². The predicted octanol–water partition coefficient (Wildman–Crippen LogP) is 2.05. The molecule has 5 rings (SSSR count). The van der Waals surface area contributed by atoms with Gasteiger partial charge >= 0.3 is 0 Å². The fraction of sp³-hybridized carbons (Fsp3) is 0.423. The SMILES string of the molecule is CC(=O)N1[C@@H]2c3ccc(/C=C/c4ccccc4)c(=O)n3C[C@H]1[C@H](CO)[C@H]2C(=O)NCC1CC1. The number of nitrogens with zero attached hydrogens (tertiary/aromatic N) is 2. The molecule has 0 unspecified atom stereocenters. The molecule has 3 aliphatic rings. The molecule has 1 aromatic heterocycles. The maximum absolute atomic E-state index is 13.4. The molecule has 2 N–H and O–H groups in total. The predicted molar refractivity (Wildman–Crippen MR) is 125 cm³/mol. The molecule has 3 heterocycles. The zero-order valence-electron chi connectivity index (χ0n) is 18.7. The second-order valence-electron chi connectivity index (χ2n) is 9.37. The van der Waals surface area contributed by atoms with E-state index in [9.17, 15) is 19.5 Å². The Hall–Kier alpha value is -3.19. The van der Waals surface area contributed by atoms with Crippen molar-refractivity contribution in [1.29, 1.82) is 0 Å². The molecule has 2 fully saturated rings. The minimum atomic E-state index is -0.582. The normalized spacial score (nSPS) is 25.8. The first-order valence-corrected chi connectivity index (χ1v) is 11.6. The Morgan fingerprint density at radius 2 is 1.88 bits per heavy atom. The number of nitrogens with one attached hydrogen (secondary N) is 1. The number of aliphatic hydroxyl groups is 1. The molecule has 2 amide bonds. The number of carbonyl (C=O) groups is 2. The van der Waals surface area contributed by atoms with E-state index in [1.54, 1.807) is 21.6 Å². The van der Waals surface area contributed by atoms with Crippen LogP contribution >= 0.6 is 0 Å². The van der Waals surface area contributed by atoms with Crippen molar-refractivity contribution in [3.8, 4) is 0 Å². The standard InChI is InChI=1S/C26H29N3O4/c1-16(31)29-22-14-28-21(12-11-19(26(28)33)10-9-17-5-3-2-4-6-17)24(29)23(20(22)15-30)25(32)27-13-18-7-8-18/h2-6,9-12,18,20,22-24,30H,7-8,13-15H2,1H3,(H,27,32)/b10-9+/t20-,22-,23+,24+/m0/s1. The largest absolute Gasteiger partial charge is 0.396 e. The van der Waals surface area contributed by atoms with Crippen molar-refractivity contribution in [3.05, 3.63) is 69.6 Å². The average Bonchev–Trinajstić information content (AvgIpc) is 3.61. The van der Waals surface area contributed by atoms with Gasteiger partial charge < -0.3 is 19.9 Å². The zero-order chi connectivity index (χ0) is 23.1. The Bertz CT molecular complexity index is 1150. The summed E-state index contributed by atoms with van der Waals surface area (Å²) in [4.78, 5) is 40.9. The summed E-state index contributed by atoms with van der Waals surface area (Å²) in [5.74, 6) is -0.761. The van der Waals surface area contributed by atoms with Gasteiger partial charge in [-0.15, -0.1) is 0 Å². The molecule has 1 aromatic carbocycles. The van der Waals surface area contributed by atoms with Crippen LogP contribution in [0.2, 0.25) is 0 Å². The summed E-state index contributed by atoms with van der Waals surface area (Å²) in [7, 11) is 0. The highest BCUT2D eigenvalue weighted by Gasteiger charge is 2.56. The highest BCUT2D eigenvalue weighted by Crippen LogP contribution is 2.48. The van der Waals surface area contributed by atoms with Crippen molar-refractivity contribution in [2.75, 3.05) is 13.2 Å². The van der Waals surface area contributed by atoms with Gasteiger partial charge in [0.05, 0.1) is 18.0 Å². The van der Waals surface area contributed by atoms with E-state index in [4.69, 9.17) is 0 Å². The van der Waals surface area contributed by atoms with Crippen LogP contribution in [0.25, 0.3) is 12.2 Å². The topological polar surface area (TPSA) is 91.6 Å². The van der Waals surface area contributed by atoms with Crippen molar-refractivity contribution >= 4 is 24.0 Å². The summed E-state index contributed by atoms with van der Waals surface area (Å²) in [5.41, 5.74) is 2.06. The Labute approximate surface area is 192 Å². The molecule has 1 aliphatic carbocycles. The third-order valence-electron chi connectivity index (χ3n) is 7.26. The molecule has 2 aliphatic heterocycles. The number of carbonyl (C=O) groups excluding carboxylic acids is 2. The Morgan fingerprint density at radius 3 is 2.55 bits per heavy atom. The number of benzene rings is 1. The molecule has 1 saturated carbocycles. The molecule has 33 heavy (non-hydrogen) atoms. The quantitative estimate of drug-likeness (QED) is 0.709. The molecule has 0 spiro atoms. The van der Waals surface area contributed by atoms with Gasteiger partial charge in [-0.2, -0.15) is 0 Å². The molecule has 7 heteroatoms. The number of pyridine rings is 1. The molecular formula is C26H29N3O4. The zero-order valence-corrected chi connectivity index (χ0v) is 18.7. The second-order valence-corrected chi connectivity index (χ2v) is 9.37. The van der Waals surface area contributed by atoms with Gasteiger partial charge in [0, 0.05) is 43.8 Å². The van der Waals surface area contributed by atoms with E-state index in [1.807, 2.05) is 42.5 Å². The third kappa shape index (κ3) is 3.91. The maximum Gasteiger partial charge on any atom is 0.258 e. The Morgan fingerprint density at radius 1 is 1.12 bits per heavy atom. The van der Waals surface area contributed by atoms with E-state index < -0.39 is 23.9 Å². The van der Waals surface area contributed by atoms with Crippen LogP contribution in [0.4, 0.5) is 0 Å². The molecular weight excluding hydrogens is 418 g/mol. The van der Waals surface area contributed by atoms with Gasteiger partial charge in [-0.3, -0.25) is 14.4 Å². The fourth-order valence-electron chi connectivity index (χ4n) is 5.42. The van der Waals surface area contributed by atoms with Gasteiger partial charge in [0.1, 0.15) is 0 Å². The molecule has 0 radical (unpaired) electrons. The molecule has 2 bridgehead atoms. The van der Waals surface area contributed by atoms with E-state index in [0.717, 1.165) is 18.4 Å². The summed E-state index contributed by atoms with van der Waals surface area (Å²) in [6.07, 6.45) is 5.94. The lowest BCUT2D eigenvalue weighted by Crippen LogP contribution is -2.48.